The third-order valence-electron chi connectivity index (χ3n) is 7.41. The highest BCUT2D eigenvalue weighted by molar-refractivity contribution is 6.09. The zero-order valence-electron chi connectivity index (χ0n) is 22.2. The molecule has 1 N–H and O–H groups in total. The molecule has 0 aliphatic heterocycles. The van der Waals surface area contributed by atoms with E-state index in [1.807, 2.05) is 14.0 Å². The number of carbonyl (C=O) groups excluding carboxylic acids is 1. The molecule has 36 heavy (non-hydrogen) atoms. The average molecular weight is 504 g/mol. The van der Waals surface area contributed by atoms with Crippen LogP contribution in [-0.2, 0) is 11.2 Å². The minimum absolute atomic E-state index is 0.0192. The molecule has 1 aromatic rings. The predicted octanol–water partition coefficient (Wildman–Crippen LogP) is 6.74. The maximum atomic E-state index is 15.7. The number of allylic oxidation sites excluding steroid dienone is 3. The molecule has 1 aromatic carbocycles. The quantitative estimate of drug-likeness (QED) is 0.195. The van der Waals surface area contributed by atoms with E-state index in [2.05, 4.69) is 22.0 Å². The summed E-state index contributed by atoms with van der Waals surface area (Å²) in [5.74, 6) is -0.814. The molecule has 1 aliphatic rings. The molecule has 0 spiro atoms. The Labute approximate surface area is 213 Å². The minimum atomic E-state index is -1.98. The van der Waals surface area contributed by atoms with Crippen molar-refractivity contribution in [2.75, 3.05) is 13.6 Å². The first-order valence-corrected chi connectivity index (χ1v) is 12.7. The Balaban J connectivity index is 2.52. The second-order valence-corrected chi connectivity index (χ2v) is 9.70. The van der Waals surface area contributed by atoms with Crippen LogP contribution in [-0.4, -0.2) is 44.1 Å². The summed E-state index contributed by atoms with van der Waals surface area (Å²) in [6.07, 6.45) is 3.72. The minimum Gasteiger partial charge on any atom is -0.392 e. The Kier molecular flexibility index (Phi) is 11.1. The molecule has 4 atom stereocenters. The molecule has 1 aliphatic carbocycles. The van der Waals surface area contributed by atoms with Gasteiger partial charge in [0.1, 0.15) is 17.7 Å². The molecule has 0 saturated heterocycles. The summed E-state index contributed by atoms with van der Waals surface area (Å²) in [4.78, 5) is 19.7. The lowest BCUT2D eigenvalue weighted by Gasteiger charge is -2.35. The maximum Gasteiger partial charge on any atom is 0.168 e. The second-order valence-electron chi connectivity index (χ2n) is 9.70. The number of aldehydes is 1. The second kappa shape index (κ2) is 13.6. The van der Waals surface area contributed by atoms with Crippen LogP contribution in [0.3, 0.4) is 0 Å². The van der Waals surface area contributed by atoms with E-state index in [9.17, 15) is 4.79 Å². The van der Waals surface area contributed by atoms with Gasteiger partial charge in [-0.25, -0.2) is 18.2 Å². The largest absolute Gasteiger partial charge is 0.392 e. The van der Waals surface area contributed by atoms with E-state index in [4.69, 9.17) is 0 Å². The predicted molar refractivity (Wildman–Crippen MR) is 143 cm³/mol. The van der Waals surface area contributed by atoms with Gasteiger partial charge in [0, 0.05) is 24.9 Å². The van der Waals surface area contributed by atoms with Gasteiger partial charge in [-0.05, 0) is 95.1 Å². The van der Waals surface area contributed by atoms with Crippen LogP contribution in [0.4, 0.5) is 13.2 Å². The summed E-state index contributed by atoms with van der Waals surface area (Å²) in [7, 11) is 1.87. The SMILES string of the molecule is C=NCC/C(=C(\C)NC)C1CCC(F)C(Cc2cccc(F)c2C(=N/C(C=O)=C\C)C(C)(F)CC)C1. The topological polar surface area (TPSA) is 53.8 Å². The fourth-order valence-electron chi connectivity index (χ4n) is 4.99. The standard InChI is InChI=1S/C29H40F3N3O/c1-7-23(18-36)35-28(29(4,32)8-2)27-21(10-9-11-26(27)31)17-22-16-20(12-13-25(22)30)24(14-15-33-5)19(3)34-6/h7,9-11,18,20,22,25,34H,5,8,12-17H2,1-4,6H3/b23-7-,24-19-,35-28?. The molecule has 0 aromatic heterocycles. The number of halogens is 3. The smallest absolute Gasteiger partial charge is 0.168 e. The highest BCUT2D eigenvalue weighted by Gasteiger charge is 2.36. The van der Waals surface area contributed by atoms with Gasteiger partial charge in [-0.2, -0.15) is 0 Å². The van der Waals surface area contributed by atoms with Crippen LogP contribution in [0.5, 0.6) is 0 Å². The van der Waals surface area contributed by atoms with Crippen LogP contribution in [0.25, 0.3) is 0 Å². The zero-order chi connectivity index (χ0) is 26.9. The Morgan fingerprint density at radius 2 is 2.06 bits per heavy atom. The Bertz CT molecular complexity index is 1010. The first kappa shape index (κ1) is 29.5. The Hall–Kier alpha value is -2.70. The molecule has 1 fully saturated rings. The van der Waals surface area contributed by atoms with Crippen molar-refractivity contribution in [3.8, 4) is 0 Å². The Morgan fingerprint density at radius 1 is 1.33 bits per heavy atom. The number of nitrogens with zero attached hydrogens (tertiary/aromatic N) is 2. The van der Waals surface area contributed by atoms with Crippen LogP contribution in [0.15, 0.2) is 51.2 Å². The number of carbonyl (C=O) groups is 1. The van der Waals surface area contributed by atoms with Crippen molar-refractivity contribution in [2.45, 2.75) is 78.1 Å². The van der Waals surface area contributed by atoms with E-state index < -0.39 is 17.7 Å². The monoisotopic (exact) mass is 503 g/mol. The Morgan fingerprint density at radius 3 is 2.64 bits per heavy atom. The average Bonchev–Trinajstić information content (AvgIpc) is 2.87. The molecule has 4 nitrogen and oxygen atoms in total. The lowest BCUT2D eigenvalue weighted by Crippen LogP contribution is -2.34. The summed E-state index contributed by atoms with van der Waals surface area (Å²) in [5, 5.41) is 3.21. The van der Waals surface area contributed by atoms with E-state index in [1.165, 1.54) is 24.6 Å². The number of nitrogens with one attached hydrogen (secondary N) is 1. The highest BCUT2D eigenvalue weighted by atomic mass is 19.1. The summed E-state index contributed by atoms with van der Waals surface area (Å²) in [6, 6.07) is 4.53. The van der Waals surface area contributed by atoms with E-state index in [0.29, 0.717) is 31.2 Å². The summed E-state index contributed by atoms with van der Waals surface area (Å²) in [5.41, 5.74) is 0.715. The van der Waals surface area contributed by atoms with E-state index in [1.54, 1.807) is 26.0 Å². The molecule has 4 unspecified atom stereocenters. The number of benzene rings is 1. The fourth-order valence-corrected chi connectivity index (χ4v) is 4.99. The molecule has 0 amide bonds. The van der Waals surface area contributed by atoms with Gasteiger partial charge in [0.2, 0.25) is 0 Å². The molecule has 0 radical (unpaired) electrons. The number of hydrogen-bond acceptors (Lipinski definition) is 4. The zero-order valence-corrected chi connectivity index (χ0v) is 22.2. The fraction of sp³-hybridized carbons (Fsp3) is 0.552. The lowest BCUT2D eigenvalue weighted by atomic mass is 9.72. The van der Waals surface area contributed by atoms with E-state index >= 15 is 13.2 Å². The van der Waals surface area contributed by atoms with Gasteiger partial charge >= 0.3 is 0 Å². The van der Waals surface area contributed by atoms with Gasteiger partial charge in [0.15, 0.2) is 6.29 Å². The third-order valence-corrected chi connectivity index (χ3v) is 7.41. The van der Waals surface area contributed by atoms with Crippen molar-refractivity contribution in [1.82, 2.24) is 5.32 Å². The summed E-state index contributed by atoms with van der Waals surface area (Å²) in [6.45, 7) is 10.8. The van der Waals surface area contributed by atoms with Crippen LogP contribution in [0.2, 0.25) is 0 Å². The van der Waals surface area contributed by atoms with Crippen LogP contribution in [0, 0.1) is 17.7 Å². The van der Waals surface area contributed by atoms with Crippen LogP contribution in [0.1, 0.15) is 70.9 Å². The number of aliphatic imine (C=N–C) groups is 2. The van der Waals surface area contributed by atoms with Crippen LogP contribution >= 0.6 is 0 Å². The van der Waals surface area contributed by atoms with Gasteiger partial charge in [-0.1, -0.05) is 25.1 Å². The molecular weight excluding hydrogens is 463 g/mol. The molecule has 1 saturated carbocycles. The first-order chi connectivity index (χ1) is 17.1. The van der Waals surface area contributed by atoms with Gasteiger partial charge in [-0.3, -0.25) is 4.79 Å². The number of rotatable bonds is 12. The normalized spacial score (nSPS) is 23.5. The molecule has 2 rings (SSSR count). The van der Waals surface area contributed by atoms with Crippen molar-refractivity contribution in [3.63, 3.8) is 0 Å². The molecule has 0 bridgehead atoms. The maximum absolute atomic E-state index is 15.7. The van der Waals surface area contributed by atoms with Gasteiger partial charge in [0.25, 0.3) is 0 Å². The summed E-state index contributed by atoms with van der Waals surface area (Å²) >= 11 is 0. The summed E-state index contributed by atoms with van der Waals surface area (Å²) < 4.78 is 46.2. The van der Waals surface area contributed by atoms with Crippen LogP contribution < -0.4 is 5.32 Å². The number of alkyl halides is 2. The number of hydrogen-bond donors (Lipinski definition) is 1. The molecule has 0 heterocycles. The molecule has 198 valence electrons. The van der Waals surface area contributed by atoms with Gasteiger partial charge in [0.05, 0.1) is 11.4 Å². The first-order valence-electron chi connectivity index (χ1n) is 12.7. The van der Waals surface area contributed by atoms with E-state index in [0.717, 1.165) is 18.5 Å². The van der Waals surface area contributed by atoms with Crippen molar-refractivity contribution >= 4 is 18.7 Å². The van der Waals surface area contributed by atoms with Gasteiger partial charge < -0.3 is 10.3 Å². The van der Waals surface area contributed by atoms with Crippen molar-refractivity contribution in [1.29, 1.82) is 0 Å². The third kappa shape index (κ3) is 7.17. The lowest BCUT2D eigenvalue weighted by molar-refractivity contribution is -0.104. The van der Waals surface area contributed by atoms with Crippen molar-refractivity contribution in [2.24, 2.45) is 21.8 Å². The van der Waals surface area contributed by atoms with E-state index in [-0.39, 0.29) is 41.6 Å². The highest BCUT2D eigenvalue weighted by Crippen LogP contribution is 2.40. The van der Waals surface area contributed by atoms with Crippen molar-refractivity contribution in [3.05, 3.63) is 58.2 Å². The van der Waals surface area contributed by atoms with Gasteiger partial charge in [-0.15, -0.1) is 0 Å². The molecular formula is C29H40F3N3O. The van der Waals surface area contributed by atoms with Crippen molar-refractivity contribution < 1.29 is 18.0 Å². The molecule has 7 heteroatoms.